The number of halogens is 1. The van der Waals surface area contributed by atoms with Crippen LogP contribution in [-0.4, -0.2) is 9.97 Å². The lowest BCUT2D eigenvalue weighted by Crippen LogP contribution is -1.96. The lowest BCUT2D eigenvalue weighted by molar-refractivity contribution is 0.922. The molecule has 0 bridgehead atoms. The SMILES string of the molecule is CCCc1cccc(-c2ncnc(N)c2Cl)c1. The summed E-state index contributed by atoms with van der Waals surface area (Å²) in [5.74, 6) is 0.317. The van der Waals surface area contributed by atoms with Crippen molar-refractivity contribution < 1.29 is 0 Å². The molecule has 1 heterocycles. The van der Waals surface area contributed by atoms with E-state index in [0.29, 0.717) is 16.5 Å². The number of rotatable bonds is 3. The van der Waals surface area contributed by atoms with E-state index in [4.69, 9.17) is 17.3 Å². The van der Waals surface area contributed by atoms with Gasteiger partial charge in [0.15, 0.2) is 0 Å². The van der Waals surface area contributed by atoms with Crippen molar-refractivity contribution in [2.75, 3.05) is 5.73 Å². The summed E-state index contributed by atoms with van der Waals surface area (Å²) < 4.78 is 0. The van der Waals surface area contributed by atoms with Crippen LogP contribution in [0.4, 0.5) is 5.82 Å². The van der Waals surface area contributed by atoms with Gasteiger partial charge in [0.2, 0.25) is 0 Å². The molecular formula is C13H14ClN3. The highest BCUT2D eigenvalue weighted by Crippen LogP contribution is 2.29. The second kappa shape index (κ2) is 5.15. The maximum Gasteiger partial charge on any atom is 0.146 e. The molecule has 0 aliphatic heterocycles. The summed E-state index contributed by atoms with van der Waals surface area (Å²) in [6, 6.07) is 8.18. The summed E-state index contributed by atoms with van der Waals surface area (Å²) >= 11 is 6.11. The number of hydrogen-bond acceptors (Lipinski definition) is 3. The van der Waals surface area contributed by atoms with E-state index in [1.54, 1.807) is 0 Å². The van der Waals surface area contributed by atoms with Gasteiger partial charge in [-0.2, -0.15) is 0 Å². The van der Waals surface area contributed by atoms with Crippen LogP contribution in [0.1, 0.15) is 18.9 Å². The van der Waals surface area contributed by atoms with Gasteiger partial charge in [-0.3, -0.25) is 0 Å². The number of benzene rings is 1. The minimum Gasteiger partial charge on any atom is -0.382 e. The van der Waals surface area contributed by atoms with Crippen molar-refractivity contribution in [1.82, 2.24) is 9.97 Å². The Balaban J connectivity index is 2.45. The van der Waals surface area contributed by atoms with Gasteiger partial charge in [-0.25, -0.2) is 9.97 Å². The Bertz CT molecular complexity index is 526. The zero-order valence-electron chi connectivity index (χ0n) is 9.65. The molecule has 1 aromatic heterocycles. The molecule has 0 amide bonds. The maximum atomic E-state index is 6.11. The first-order chi connectivity index (χ1) is 8.22. The third kappa shape index (κ3) is 2.56. The van der Waals surface area contributed by atoms with E-state index < -0.39 is 0 Å². The second-order valence-electron chi connectivity index (χ2n) is 3.87. The largest absolute Gasteiger partial charge is 0.382 e. The zero-order valence-corrected chi connectivity index (χ0v) is 10.4. The number of nitrogens with two attached hydrogens (primary N) is 1. The normalized spacial score (nSPS) is 10.5. The first-order valence-corrected chi connectivity index (χ1v) is 5.95. The molecule has 0 unspecified atom stereocenters. The van der Waals surface area contributed by atoms with Crippen LogP contribution < -0.4 is 5.73 Å². The van der Waals surface area contributed by atoms with Gasteiger partial charge in [-0.05, 0) is 18.1 Å². The molecule has 0 saturated heterocycles. The number of anilines is 1. The van der Waals surface area contributed by atoms with Crippen molar-refractivity contribution >= 4 is 17.4 Å². The lowest BCUT2D eigenvalue weighted by Gasteiger charge is -2.06. The van der Waals surface area contributed by atoms with Gasteiger partial charge in [-0.15, -0.1) is 0 Å². The number of nitrogens with zero attached hydrogens (tertiary/aromatic N) is 2. The first kappa shape index (κ1) is 11.9. The smallest absolute Gasteiger partial charge is 0.146 e. The van der Waals surface area contributed by atoms with Gasteiger partial charge in [0.25, 0.3) is 0 Å². The monoisotopic (exact) mass is 247 g/mol. The van der Waals surface area contributed by atoms with Crippen molar-refractivity contribution in [3.8, 4) is 11.3 Å². The fraction of sp³-hybridized carbons (Fsp3) is 0.231. The molecule has 0 radical (unpaired) electrons. The predicted octanol–water partition coefficient (Wildman–Crippen LogP) is 3.33. The number of hydrogen-bond donors (Lipinski definition) is 1. The average molecular weight is 248 g/mol. The van der Waals surface area contributed by atoms with Crippen molar-refractivity contribution in [2.45, 2.75) is 19.8 Å². The summed E-state index contributed by atoms with van der Waals surface area (Å²) in [5, 5.41) is 0.418. The van der Waals surface area contributed by atoms with E-state index in [1.807, 2.05) is 12.1 Å². The van der Waals surface area contributed by atoms with Crippen LogP contribution in [-0.2, 0) is 6.42 Å². The van der Waals surface area contributed by atoms with Gasteiger partial charge in [-0.1, -0.05) is 43.1 Å². The molecule has 88 valence electrons. The van der Waals surface area contributed by atoms with Crippen molar-refractivity contribution in [2.24, 2.45) is 0 Å². The van der Waals surface area contributed by atoms with E-state index in [-0.39, 0.29) is 0 Å². The quantitative estimate of drug-likeness (QED) is 0.905. The average Bonchev–Trinajstić information content (AvgIpc) is 2.33. The molecule has 3 nitrogen and oxygen atoms in total. The van der Waals surface area contributed by atoms with Gasteiger partial charge >= 0.3 is 0 Å². The summed E-state index contributed by atoms with van der Waals surface area (Å²) in [6.07, 6.45) is 3.60. The Morgan fingerprint density at radius 3 is 2.88 bits per heavy atom. The van der Waals surface area contributed by atoms with E-state index in [0.717, 1.165) is 18.4 Å². The number of nitrogen functional groups attached to an aromatic ring is 1. The third-order valence-corrected chi connectivity index (χ3v) is 2.93. The standard InChI is InChI=1S/C13H14ClN3/c1-2-4-9-5-3-6-10(7-9)12-11(14)13(15)17-8-16-12/h3,5-8H,2,4H2,1H3,(H2,15,16,17). The Morgan fingerprint density at radius 1 is 1.29 bits per heavy atom. The Morgan fingerprint density at radius 2 is 2.12 bits per heavy atom. The molecule has 0 fully saturated rings. The molecule has 0 aliphatic carbocycles. The van der Waals surface area contributed by atoms with Crippen LogP contribution in [0, 0.1) is 0 Å². The second-order valence-corrected chi connectivity index (χ2v) is 4.25. The Hall–Kier alpha value is -1.61. The van der Waals surface area contributed by atoms with Crippen molar-refractivity contribution in [3.05, 3.63) is 41.2 Å². The van der Waals surface area contributed by atoms with Gasteiger partial charge in [0, 0.05) is 5.56 Å². The molecule has 0 saturated carbocycles. The van der Waals surface area contributed by atoms with E-state index >= 15 is 0 Å². The minimum absolute atomic E-state index is 0.317. The topological polar surface area (TPSA) is 51.8 Å². The van der Waals surface area contributed by atoms with Crippen molar-refractivity contribution in [1.29, 1.82) is 0 Å². The molecular weight excluding hydrogens is 234 g/mol. The van der Waals surface area contributed by atoms with Crippen molar-refractivity contribution in [3.63, 3.8) is 0 Å². The molecule has 0 aliphatic rings. The summed E-state index contributed by atoms with van der Waals surface area (Å²) in [6.45, 7) is 2.16. The molecule has 2 rings (SSSR count). The molecule has 0 spiro atoms. The summed E-state index contributed by atoms with van der Waals surface area (Å²) in [7, 11) is 0. The molecule has 0 atom stereocenters. The number of aromatic nitrogens is 2. The highest BCUT2D eigenvalue weighted by Gasteiger charge is 2.08. The maximum absolute atomic E-state index is 6.11. The fourth-order valence-electron chi connectivity index (χ4n) is 1.75. The van der Waals surface area contributed by atoms with Gasteiger partial charge in [0.1, 0.15) is 17.2 Å². The van der Waals surface area contributed by atoms with Crippen LogP contribution in [0.5, 0.6) is 0 Å². The van der Waals surface area contributed by atoms with E-state index in [2.05, 4.69) is 29.0 Å². The Kier molecular flexibility index (Phi) is 3.59. The van der Waals surface area contributed by atoms with Crippen LogP contribution in [0.25, 0.3) is 11.3 Å². The van der Waals surface area contributed by atoms with Crippen LogP contribution in [0.2, 0.25) is 5.02 Å². The molecule has 1 aromatic carbocycles. The fourth-order valence-corrected chi connectivity index (χ4v) is 1.95. The third-order valence-electron chi connectivity index (χ3n) is 2.56. The van der Waals surface area contributed by atoms with E-state index in [1.165, 1.54) is 11.9 Å². The number of aryl methyl sites for hydroxylation is 1. The van der Waals surface area contributed by atoms with Crippen LogP contribution in [0.15, 0.2) is 30.6 Å². The first-order valence-electron chi connectivity index (χ1n) is 5.57. The molecule has 4 heteroatoms. The highest BCUT2D eigenvalue weighted by atomic mass is 35.5. The zero-order chi connectivity index (χ0) is 12.3. The molecule has 17 heavy (non-hydrogen) atoms. The van der Waals surface area contributed by atoms with E-state index in [9.17, 15) is 0 Å². The molecule has 2 aromatic rings. The van der Waals surface area contributed by atoms with Crippen LogP contribution >= 0.6 is 11.6 Å². The molecule has 2 N–H and O–H groups in total. The predicted molar refractivity (Wildman–Crippen MR) is 70.9 cm³/mol. The summed E-state index contributed by atoms with van der Waals surface area (Å²) in [5.41, 5.74) is 8.62. The highest BCUT2D eigenvalue weighted by molar-refractivity contribution is 6.35. The van der Waals surface area contributed by atoms with Crippen LogP contribution in [0.3, 0.4) is 0 Å². The van der Waals surface area contributed by atoms with Gasteiger partial charge in [0.05, 0.1) is 5.69 Å². The minimum atomic E-state index is 0.317. The van der Waals surface area contributed by atoms with Gasteiger partial charge < -0.3 is 5.73 Å². The lowest BCUT2D eigenvalue weighted by atomic mass is 10.0. The Labute approximate surface area is 106 Å². The summed E-state index contributed by atoms with van der Waals surface area (Å²) in [4.78, 5) is 8.05.